The molecule has 0 amide bonds. The number of hydrogen-bond donors (Lipinski definition) is 2. The second kappa shape index (κ2) is 9.48. The van der Waals surface area contributed by atoms with Gasteiger partial charge in [-0.1, -0.05) is 48.5 Å². The van der Waals surface area contributed by atoms with Gasteiger partial charge in [0.1, 0.15) is 24.7 Å². The predicted molar refractivity (Wildman–Crippen MR) is 132 cm³/mol. The summed E-state index contributed by atoms with van der Waals surface area (Å²) >= 11 is 0. The number of nitrogens with one attached hydrogen (secondary N) is 1. The van der Waals surface area contributed by atoms with Crippen molar-refractivity contribution in [1.29, 1.82) is 0 Å². The second-order valence-electron chi connectivity index (χ2n) is 9.85. The van der Waals surface area contributed by atoms with Gasteiger partial charge >= 0.3 is 0 Å². The molecule has 6 rings (SSSR count). The topological polar surface area (TPSA) is 33.9 Å². The molecule has 3 aromatic carbocycles. The third kappa shape index (κ3) is 4.01. The number of likely N-dealkylation sites (tertiary alicyclic amines) is 1. The van der Waals surface area contributed by atoms with Crippen LogP contribution in [0.3, 0.4) is 0 Å². The minimum Gasteiger partial charge on any atom is -1.00 e. The number of allylic oxidation sites excluding steroid dienone is 1. The van der Waals surface area contributed by atoms with Crippen molar-refractivity contribution in [3.8, 4) is 11.5 Å². The lowest BCUT2D eigenvalue weighted by molar-refractivity contribution is -0.904. The summed E-state index contributed by atoms with van der Waals surface area (Å²) in [7, 11) is 0. The monoisotopic (exact) mass is 473 g/mol. The van der Waals surface area contributed by atoms with Crippen LogP contribution in [0.15, 0.2) is 72.8 Å². The SMILES string of the molecule is Oc1ccc2c(c1)CC[C@]21C=C(c2ccc(OCC[NH+]3CCCCC3)cc2)c2ccccc21.[Cl-]. The fourth-order valence-electron chi connectivity index (χ4n) is 6.21. The number of rotatable bonds is 5. The third-order valence-corrected chi connectivity index (χ3v) is 7.90. The number of halogens is 1. The summed E-state index contributed by atoms with van der Waals surface area (Å²) in [6.45, 7) is 4.46. The minimum absolute atomic E-state index is 0. The van der Waals surface area contributed by atoms with Gasteiger partial charge in [0.15, 0.2) is 0 Å². The minimum atomic E-state index is -0.0959. The van der Waals surface area contributed by atoms with Crippen LogP contribution < -0.4 is 22.0 Å². The number of ether oxygens (including phenoxy) is 1. The van der Waals surface area contributed by atoms with Crippen molar-refractivity contribution in [2.75, 3.05) is 26.2 Å². The van der Waals surface area contributed by atoms with Gasteiger partial charge in [0, 0.05) is 5.41 Å². The van der Waals surface area contributed by atoms with Gasteiger partial charge in [-0.2, -0.15) is 0 Å². The van der Waals surface area contributed by atoms with Gasteiger partial charge in [-0.05, 0) is 89.8 Å². The first-order valence-corrected chi connectivity index (χ1v) is 12.4. The summed E-state index contributed by atoms with van der Waals surface area (Å²) in [5.74, 6) is 1.32. The van der Waals surface area contributed by atoms with E-state index in [1.807, 2.05) is 12.1 Å². The zero-order valence-electron chi connectivity index (χ0n) is 19.5. The fourth-order valence-corrected chi connectivity index (χ4v) is 6.21. The van der Waals surface area contributed by atoms with E-state index < -0.39 is 0 Å². The first-order chi connectivity index (χ1) is 16.2. The molecule has 3 aliphatic rings. The molecule has 176 valence electrons. The van der Waals surface area contributed by atoms with E-state index in [9.17, 15) is 5.11 Å². The van der Waals surface area contributed by atoms with Gasteiger partial charge in [0.05, 0.1) is 13.1 Å². The maximum atomic E-state index is 9.99. The lowest BCUT2D eigenvalue weighted by Crippen LogP contribution is -3.13. The predicted octanol–water partition coefficient (Wildman–Crippen LogP) is 1.52. The van der Waals surface area contributed by atoms with Crippen LogP contribution in [0.5, 0.6) is 11.5 Å². The highest BCUT2D eigenvalue weighted by molar-refractivity contribution is 5.89. The van der Waals surface area contributed by atoms with Crippen molar-refractivity contribution in [2.45, 2.75) is 37.5 Å². The molecule has 0 bridgehead atoms. The average molecular weight is 474 g/mol. The van der Waals surface area contributed by atoms with Gasteiger partial charge < -0.3 is 27.2 Å². The Morgan fingerprint density at radius 2 is 1.68 bits per heavy atom. The van der Waals surface area contributed by atoms with Crippen molar-refractivity contribution in [3.63, 3.8) is 0 Å². The number of hydrogen-bond acceptors (Lipinski definition) is 2. The Kier molecular flexibility index (Phi) is 6.42. The van der Waals surface area contributed by atoms with E-state index in [1.54, 1.807) is 4.90 Å². The van der Waals surface area contributed by atoms with E-state index in [0.717, 1.165) is 31.7 Å². The number of piperidine rings is 1. The molecule has 3 aromatic rings. The summed E-state index contributed by atoms with van der Waals surface area (Å²) in [6, 6.07) is 23.4. The van der Waals surface area contributed by atoms with Crippen LogP contribution in [-0.2, 0) is 11.8 Å². The van der Waals surface area contributed by atoms with Crippen molar-refractivity contribution in [2.24, 2.45) is 0 Å². The quantitative estimate of drug-likeness (QED) is 0.589. The first-order valence-electron chi connectivity index (χ1n) is 12.4. The van der Waals surface area contributed by atoms with Crippen LogP contribution in [0, 0.1) is 0 Å². The molecule has 1 atom stereocenters. The molecule has 1 aliphatic heterocycles. The molecule has 1 saturated heterocycles. The van der Waals surface area contributed by atoms with E-state index in [2.05, 4.69) is 60.7 Å². The fraction of sp³-hybridized carbons (Fsp3) is 0.333. The van der Waals surface area contributed by atoms with E-state index in [4.69, 9.17) is 4.74 Å². The smallest absolute Gasteiger partial charge is 0.137 e. The molecule has 0 unspecified atom stereocenters. The van der Waals surface area contributed by atoms with Crippen LogP contribution in [0.4, 0.5) is 0 Å². The molecule has 0 radical (unpaired) electrons. The Balaban J connectivity index is 0.00000241. The number of fused-ring (bicyclic) bond motifs is 4. The van der Waals surface area contributed by atoms with Gasteiger partial charge in [0.25, 0.3) is 0 Å². The molecule has 1 fully saturated rings. The van der Waals surface area contributed by atoms with Crippen LogP contribution in [0.1, 0.15) is 53.5 Å². The second-order valence-corrected chi connectivity index (χ2v) is 9.85. The van der Waals surface area contributed by atoms with E-state index in [1.165, 1.54) is 65.7 Å². The largest absolute Gasteiger partial charge is 1.00 e. The molecule has 0 saturated carbocycles. The maximum absolute atomic E-state index is 9.99. The summed E-state index contributed by atoms with van der Waals surface area (Å²) in [5, 5.41) is 9.99. The highest BCUT2D eigenvalue weighted by Gasteiger charge is 2.44. The highest BCUT2D eigenvalue weighted by Crippen LogP contribution is 2.54. The Labute approximate surface area is 208 Å². The summed E-state index contributed by atoms with van der Waals surface area (Å²) in [5.41, 5.74) is 7.75. The zero-order chi connectivity index (χ0) is 22.3. The molecule has 4 heteroatoms. The molecule has 2 aliphatic carbocycles. The van der Waals surface area contributed by atoms with Crippen molar-refractivity contribution < 1.29 is 27.2 Å². The normalized spacial score (nSPS) is 21.0. The van der Waals surface area contributed by atoms with Crippen molar-refractivity contribution in [3.05, 3.63) is 101 Å². The lowest BCUT2D eigenvalue weighted by atomic mass is 9.77. The zero-order valence-corrected chi connectivity index (χ0v) is 20.3. The molecule has 0 aromatic heterocycles. The Morgan fingerprint density at radius 3 is 2.50 bits per heavy atom. The Morgan fingerprint density at radius 1 is 0.882 bits per heavy atom. The third-order valence-electron chi connectivity index (χ3n) is 7.90. The van der Waals surface area contributed by atoms with Crippen molar-refractivity contribution >= 4 is 5.57 Å². The molecule has 3 nitrogen and oxygen atoms in total. The molecular weight excluding hydrogens is 442 g/mol. The summed E-state index contributed by atoms with van der Waals surface area (Å²) in [4.78, 5) is 1.68. The number of phenolic OH excluding ortho intramolecular Hbond substituents is 1. The van der Waals surface area contributed by atoms with Crippen LogP contribution >= 0.6 is 0 Å². The van der Waals surface area contributed by atoms with Crippen LogP contribution in [0.2, 0.25) is 0 Å². The number of aromatic hydroxyl groups is 1. The summed E-state index contributed by atoms with van der Waals surface area (Å²) < 4.78 is 6.08. The Bertz CT molecular complexity index is 1200. The Hall–Kier alpha value is -2.75. The molecule has 1 spiro atoms. The van der Waals surface area contributed by atoms with E-state index in [-0.39, 0.29) is 17.8 Å². The first kappa shape index (κ1) is 23.0. The van der Waals surface area contributed by atoms with Crippen LogP contribution in [0.25, 0.3) is 5.57 Å². The molecule has 2 N–H and O–H groups in total. The average Bonchev–Trinajstić information content (AvgIpc) is 3.39. The van der Waals surface area contributed by atoms with Gasteiger partial charge in [-0.25, -0.2) is 0 Å². The summed E-state index contributed by atoms with van der Waals surface area (Å²) in [6.07, 6.45) is 8.61. The van der Waals surface area contributed by atoms with Gasteiger partial charge in [-0.15, -0.1) is 0 Å². The molecule has 34 heavy (non-hydrogen) atoms. The highest BCUT2D eigenvalue weighted by atomic mass is 35.5. The number of quaternary nitrogens is 1. The van der Waals surface area contributed by atoms with E-state index in [0.29, 0.717) is 5.75 Å². The molecule has 1 heterocycles. The van der Waals surface area contributed by atoms with Crippen molar-refractivity contribution in [1.82, 2.24) is 0 Å². The number of phenols is 1. The molecular formula is C30H32ClNO2. The maximum Gasteiger partial charge on any atom is 0.137 e. The van der Waals surface area contributed by atoms with E-state index >= 15 is 0 Å². The number of aryl methyl sites for hydroxylation is 1. The number of benzene rings is 3. The standard InChI is InChI=1S/C30H31NO2.ClH/c32-24-10-13-28-23(20-24)14-15-30(28)21-27(26-6-2-3-7-29(26)30)22-8-11-25(12-9-22)33-19-18-31-16-4-1-5-17-31;/h2-3,6-13,20-21,32H,1,4-5,14-19H2;1H/t30-;/m0./s1. The van der Waals surface area contributed by atoms with Gasteiger partial charge in [0.2, 0.25) is 0 Å². The van der Waals surface area contributed by atoms with Gasteiger partial charge in [-0.3, -0.25) is 0 Å². The lowest BCUT2D eigenvalue weighted by Gasteiger charge is -2.25. The van der Waals surface area contributed by atoms with Crippen LogP contribution in [-0.4, -0.2) is 31.3 Å².